The topological polar surface area (TPSA) is 51.1 Å². The van der Waals surface area contributed by atoms with Gasteiger partial charge in [0.25, 0.3) is 5.91 Å². The minimum absolute atomic E-state index is 0.164. The number of carbonyl (C=O) groups excluding carboxylic acids is 1. The molecule has 1 heterocycles. The summed E-state index contributed by atoms with van der Waals surface area (Å²) in [4.78, 5) is 13.1. The number of nitrogens with zero attached hydrogens (tertiary/aromatic N) is 2. The highest BCUT2D eigenvalue weighted by Crippen LogP contribution is 2.36. The molecule has 1 aliphatic rings. The largest absolute Gasteiger partial charge is 0.490 e. The second-order valence-electron chi connectivity index (χ2n) is 7.72. The third-order valence-electron chi connectivity index (χ3n) is 5.24. The zero-order valence-electron chi connectivity index (χ0n) is 18.8. The van der Waals surface area contributed by atoms with Gasteiger partial charge in [-0.3, -0.25) is 4.79 Å². The number of rotatable bonds is 7. The van der Waals surface area contributed by atoms with E-state index < -0.39 is 0 Å². The molecule has 3 aromatic carbocycles. The Kier molecular flexibility index (Phi) is 6.94. The lowest BCUT2D eigenvalue weighted by molar-refractivity contribution is -0.114. The van der Waals surface area contributed by atoms with Gasteiger partial charge in [-0.15, -0.1) is 0 Å². The number of carbonyl (C=O) groups is 1. The number of aryl methyl sites for hydroxylation is 1. The molecule has 0 spiro atoms. The van der Waals surface area contributed by atoms with Gasteiger partial charge >= 0.3 is 0 Å². The minimum Gasteiger partial charge on any atom is -0.490 e. The van der Waals surface area contributed by atoms with Gasteiger partial charge in [-0.25, -0.2) is 0 Å². The molecule has 0 aromatic heterocycles. The lowest BCUT2D eigenvalue weighted by atomic mass is 10.1. The molecular weight excluding hydrogens is 480 g/mol. The molecule has 0 fully saturated rings. The van der Waals surface area contributed by atoms with Crippen molar-refractivity contribution in [2.24, 2.45) is 5.10 Å². The van der Waals surface area contributed by atoms with E-state index in [4.69, 9.17) is 9.47 Å². The normalized spacial score (nSPS) is 14.5. The van der Waals surface area contributed by atoms with Crippen molar-refractivity contribution in [3.05, 3.63) is 93.5 Å². The number of amides is 1. The highest BCUT2D eigenvalue weighted by Gasteiger charge is 2.29. The predicted octanol–water partition coefficient (Wildman–Crippen LogP) is 6.54. The first-order chi connectivity index (χ1) is 16.0. The van der Waals surface area contributed by atoms with Crippen LogP contribution in [0, 0.1) is 6.92 Å². The monoisotopic (exact) mass is 504 g/mol. The van der Waals surface area contributed by atoms with Gasteiger partial charge in [0.15, 0.2) is 11.5 Å². The van der Waals surface area contributed by atoms with Gasteiger partial charge in [-0.1, -0.05) is 64.0 Å². The van der Waals surface area contributed by atoms with Crippen LogP contribution in [0.4, 0.5) is 5.69 Å². The van der Waals surface area contributed by atoms with Crippen LogP contribution in [0.1, 0.15) is 30.5 Å². The van der Waals surface area contributed by atoms with Crippen LogP contribution in [-0.4, -0.2) is 18.2 Å². The highest BCUT2D eigenvalue weighted by molar-refractivity contribution is 9.10. The fraction of sp³-hybridized carbons (Fsp3) is 0.185. The fourth-order valence-corrected chi connectivity index (χ4v) is 3.91. The number of ether oxygens (including phenoxy) is 2. The molecule has 1 amide bonds. The van der Waals surface area contributed by atoms with Crippen LogP contribution in [-0.2, 0) is 11.4 Å². The number of hydrazone groups is 1. The Morgan fingerprint density at radius 2 is 1.67 bits per heavy atom. The molecule has 0 unspecified atom stereocenters. The van der Waals surface area contributed by atoms with Crippen LogP contribution in [0.25, 0.3) is 6.08 Å². The van der Waals surface area contributed by atoms with Gasteiger partial charge in [-0.05, 0) is 62.2 Å². The zero-order valence-corrected chi connectivity index (χ0v) is 20.4. The number of benzene rings is 3. The summed E-state index contributed by atoms with van der Waals surface area (Å²) in [5.41, 5.74) is 5.03. The lowest BCUT2D eigenvalue weighted by Gasteiger charge is -2.15. The van der Waals surface area contributed by atoms with Gasteiger partial charge in [0.05, 0.1) is 23.6 Å². The third kappa shape index (κ3) is 5.17. The van der Waals surface area contributed by atoms with Crippen molar-refractivity contribution in [2.45, 2.75) is 27.4 Å². The summed E-state index contributed by atoms with van der Waals surface area (Å²) in [6.07, 6.45) is 1.83. The first-order valence-corrected chi connectivity index (χ1v) is 11.6. The first-order valence-electron chi connectivity index (χ1n) is 10.8. The van der Waals surface area contributed by atoms with E-state index in [2.05, 4.69) is 52.2 Å². The first kappa shape index (κ1) is 22.8. The molecule has 0 saturated heterocycles. The summed E-state index contributed by atoms with van der Waals surface area (Å²) >= 11 is 3.63. The Bertz CT molecular complexity index is 1220. The molecule has 5 nitrogen and oxygen atoms in total. The molecule has 168 valence electrons. The van der Waals surface area contributed by atoms with Crippen LogP contribution < -0.4 is 14.5 Å². The standard InChI is InChI=1S/C27H25BrN2O3/c1-4-32-25-15-21(24(28)16-26(25)33-17-20-12-10-18(2)11-13-20)14-23-19(3)29-30(27(23)31)22-8-6-5-7-9-22/h5-16H,4,17H2,1-3H3/b23-14+. The Morgan fingerprint density at radius 1 is 0.970 bits per heavy atom. The van der Waals surface area contributed by atoms with Crippen molar-refractivity contribution in [1.29, 1.82) is 0 Å². The van der Waals surface area contributed by atoms with Crippen LogP contribution in [0.2, 0.25) is 0 Å². The maximum absolute atomic E-state index is 13.1. The molecular formula is C27H25BrN2O3. The van der Waals surface area contributed by atoms with E-state index in [1.54, 1.807) is 0 Å². The Balaban J connectivity index is 1.61. The Hall–Kier alpha value is -3.38. The molecule has 0 radical (unpaired) electrons. The summed E-state index contributed by atoms with van der Waals surface area (Å²) in [5, 5.41) is 5.88. The third-order valence-corrected chi connectivity index (χ3v) is 5.93. The van der Waals surface area contributed by atoms with Crippen LogP contribution in [0.15, 0.2) is 81.9 Å². The number of hydrogen-bond donors (Lipinski definition) is 0. The minimum atomic E-state index is -0.164. The van der Waals surface area contributed by atoms with Crippen LogP contribution in [0.5, 0.6) is 11.5 Å². The summed E-state index contributed by atoms with van der Waals surface area (Å²) in [7, 11) is 0. The lowest BCUT2D eigenvalue weighted by Crippen LogP contribution is -2.21. The van der Waals surface area contributed by atoms with Crippen molar-refractivity contribution in [2.75, 3.05) is 11.6 Å². The SMILES string of the molecule is CCOc1cc(/C=C2/C(=O)N(c3ccccc3)N=C2C)c(Br)cc1OCc1ccc(C)cc1. The molecule has 4 rings (SSSR count). The molecule has 0 atom stereocenters. The molecule has 6 heteroatoms. The molecule has 1 aliphatic heterocycles. The van der Waals surface area contributed by atoms with Crippen LogP contribution >= 0.6 is 15.9 Å². The van der Waals surface area contributed by atoms with E-state index in [0.29, 0.717) is 36.0 Å². The second kappa shape index (κ2) is 10.0. The molecule has 33 heavy (non-hydrogen) atoms. The maximum atomic E-state index is 13.1. The average molecular weight is 505 g/mol. The maximum Gasteiger partial charge on any atom is 0.280 e. The number of halogens is 1. The van der Waals surface area contributed by atoms with Gasteiger partial charge in [0, 0.05) is 4.47 Å². The zero-order chi connectivity index (χ0) is 23.4. The Labute approximate surface area is 202 Å². The van der Waals surface area contributed by atoms with Gasteiger partial charge in [0.2, 0.25) is 0 Å². The molecule has 3 aromatic rings. The predicted molar refractivity (Wildman–Crippen MR) is 136 cm³/mol. The summed E-state index contributed by atoms with van der Waals surface area (Å²) in [5.74, 6) is 1.10. The van der Waals surface area contributed by atoms with Crippen LogP contribution in [0.3, 0.4) is 0 Å². The van der Waals surface area contributed by atoms with E-state index in [-0.39, 0.29) is 5.91 Å². The van der Waals surface area contributed by atoms with E-state index in [1.807, 2.05) is 62.4 Å². The smallest absolute Gasteiger partial charge is 0.280 e. The second-order valence-corrected chi connectivity index (χ2v) is 8.58. The van der Waals surface area contributed by atoms with E-state index >= 15 is 0 Å². The quantitative estimate of drug-likeness (QED) is 0.343. The number of anilines is 1. The highest BCUT2D eigenvalue weighted by atomic mass is 79.9. The summed E-state index contributed by atoms with van der Waals surface area (Å²) in [6, 6.07) is 21.4. The van der Waals surface area contributed by atoms with Gasteiger partial charge < -0.3 is 9.47 Å². The van der Waals surface area contributed by atoms with Gasteiger partial charge in [0.1, 0.15) is 6.61 Å². The summed E-state index contributed by atoms with van der Waals surface area (Å²) < 4.78 is 12.7. The van der Waals surface area contributed by atoms with E-state index in [1.165, 1.54) is 10.6 Å². The van der Waals surface area contributed by atoms with Crippen molar-refractivity contribution >= 4 is 39.3 Å². The number of para-hydroxylation sites is 1. The molecule has 0 saturated carbocycles. The van der Waals surface area contributed by atoms with E-state index in [0.717, 1.165) is 21.3 Å². The average Bonchev–Trinajstić information content (AvgIpc) is 3.10. The Morgan fingerprint density at radius 3 is 2.36 bits per heavy atom. The van der Waals surface area contributed by atoms with Crippen molar-refractivity contribution in [3.63, 3.8) is 0 Å². The number of hydrogen-bond acceptors (Lipinski definition) is 4. The van der Waals surface area contributed by atoms with Crippen molar-refractivity contribution < 1.29 is 14.3 Å². The fourth-order valence-electron chi connectivity index (χ4n) is 3.47. The molecule has 0 aliphatic carbocycles. The van der Waals surface area contributed by atoms with Crippen molar-refractivity contribution in [1.82, 2.24) is 0 Å². The van der Waals surface area contributed by atoms with Crippen molar-refractivity contribution in [3.8, 4) is 11.5 Å². The van der Waals surface area contributed by atoms with Gasteiger partial charge in [-0.2, -0.15) is 10.1 Å². The molecule has 0 N–H and O–H groups in total. The summed E-state index contributed by atoms with van der Waals surface area (Å²) in [6.45, 7) is 6.76. The molecule has 0 bridgehead atoms. The van der Waals surface area contributed by atoms with E-state index in [9.17, 15) is 4.79 Å².